The van der Waals surface area contributed by atoms with E-state index in [0.717, 1.165) is 4.47 Å². The van der Waals surface area contributed by atoms with E-state index in [4.69, 9.17) is 5.11 Å². The Kier molecular flexibility index (Phi) is 5.58. The summed E-state index contributed by atoms with van der Waals surface area (Å²) in [4.78, 5) is 0.270. The number of benzene rings is 1. The zero-order valence-corrected chi connectivity index (χ0v) is 12.0. The monoisotopic (exact) mass is 321 g/mol. The van der Waals surface area contributed by atoms with Crippen LogP contribution in [0.4, 0.5) is 0 Å². The van der Waals surface area contributed by atoms with Gasteiger partial charge in [-0.15, -0.1) is 0 Å². The first-order valence-electron chi connectivity index (χ1n) is 5.39. The Hall–Kier alpha value is -0.430. The third-order valence-electron chi connectivity index (χ3n) is 2.35. The predicted molar refractivity (Wildman–Crippen MR) is 70.3 cm³/mol. The van der Waals surface area contributed by atoms with Crippen molar-refractivity contribution in [3.05, 3.63) is 28.7 Å². The van der Waals surface area contributed by atoms with E-state index < -0.39 is 10.0 Å². The van der Waals surface area contributed by atoms with Gasteiger partial charge < -0.3 is 5.11 Å². The van der Waals surface area contributed by atoms with Crippen LogP contribution in [0.1, 0.15) is 13.3 Å². The summed E-state index contributed by atoms with van der Waals surface area (Å²) in [6, 6.07) is 6.62. The molecular weight excluding hydrogens is 306 g/mol. The minimum absolute atomic E-state index is 0.00942. The molecule has 0 saturated heterocycles. The minimum Gasteiger partial charge on any atom is -0.396 e. The van der Waals surface area contributed by atoms with Gasteiger partial charge in [0, 0.05) is 24.2 Å². The molecule has 0 aliphatic heterocycles. The van der Waals surface area contributed by atoms with Crippen molar-refractivity contribution in [2.75, 3.05) is 19.7 Å². The van der Waals surface area contributed by atoms with Crippen LogP contribution in [0.5, 0.6) is 0 Å². The lowest BCUT2D eigenvalue weighted by molar-refractivity contribution is 0.271. The molecule has 6 heteroatoms. The number of sulfonamides is 1. The lowest BCUT2D eigenvalue weighted by Gasteiger charge is -2.20. The number of nitrogens with zero attached hydrogens (tertiary/aromatic N) is 1. The fourth-order valence-electron chi connectivity index (χ4n) is 1.47. The fourth-order valence-corrected chi connectivity index (χ4v) is 3.56. The quantitative estimate of drug-likeness (QED) is 0.869. The van der Waals surface area contributed by atoms with E-state index in [0.29, 0.717) is 19.5 Å². The van der Waals surface area contributed by atoms with Crippen molar-refractivity contribution in [1.29, 1.82) is 0 Å². The van der Waals surface area contributed by atoms with Crippen LogP contribution in [0.25, 0.3) is 0 Å². The summed E-state index contributed by atoms with van der Waals surface area (Å²) in [7, 11) is -3.45. The molecule has 1 aromatic rings. The molecule has 0 aromatic heterocycles. The molecule has 1 aromatic carbocycles. The molecule has 4 nitrogen and oxygen atoms in total. The molecule has 0 aliphatic carbocycles. The molecule has 1 N–H and O–H groups in total. The highest BCUT2D eigenvalue weighted by molar-refractivity contribution is 9.10. The third kappa shape index (κ3) is 3.77. The normalized spacial score (nSPS) is 12.0. The molecule has 0 fully saturated rings. The highest BCUT2D eigenvalue weighted by atomic mass is 79.9. The lowest BCUT2D eigenvalue weighted by atomic mass is 10.4. The summed E-state index contributed by atoms with van der Waals surface area (Å²) >= 11 is 3.26. The largest absolute Gasteiger partial charge is 0.396 e. The molecule has 0 heterocycles. The van der Waals surface area contributed by atoms with Gasteiger partial charge in [-0.25, -0.2) is 8.42 Å². The van der Waals surface area contributed by atoms with Crippen LogP contribution in [0, 0.1) is 0 Å². The third-order valence-corrected chi connectivity index (χ3v) is 4.82. The smallest absolute Gasteiger partial charge is 0.243 e. The van der Waals surface area contributed by atoms with E-state index >= 15 is 0 Å². The maximum atomic E-state index is 12.2. The molecule has 0 amide bonds. The summed E-state index contributed by atoms with van der Waals surface area (Å²) in [6.07, 6.45) is 0.446. The van der Waals surface area contributed by atoms with E-state index in [1.807, 2.05) is 0 Å². The Labute approximate surface area is 110 Å². The van der Waals surface area contributed by atoms with Crippen molar-refractivity contribution in [3.63, 3.8) is 0 Å². The van der Waals surface area contributed by atoms with Crippen LogP contribution in [-0.4, -0.2) is 37.5 Å². The van der Waals surface area contributed by atoms with E-state index in [1.165, 1.54) is 4.31 Å². The van der Waals surface area contributed by atoms with Crippen molar-refractivity contribution in [2.24, 2.45) is 0 Å². The first-order chi connectivity index (χ1) is 8.02. The Morgan fingerprint density at radius 1 is 1.41 bits per heavy atom. The standard InChI is InChI=1S/C11H16BrNO3S/c1-2-13(7-4-8-14)17(15,16)11-6-3-5-10(12)9-11/h3,5-6,9,14H,2,4,7-8H2,1H3. The van der Waals surface area contributed by atoms with Gasteiger partial charge in [-0.3, -0.25) is 0 Å². The molecule has 0 spiro atoms. The Bertz CT molecular complexity index is 462. The van der Waals surface area contributed by atoms with Crippen LogP contribution in [-0.2, 0) is 10.0 Å². The second kappa shape index (κ2) is 6.49. The van der Waals surface area contributed by atoms with Crippen LogP contribution >= 0.6 is 15.9 Å². The van der Waals surface area contributed by atoms with Gasteiger partial charge in [-0.2, -0.15) is 4.31 Å². The van der Waals surface area contributed by atoms with Crippen molar-refractivity contribution >= 4 is 26.0 Å². The summed E-state index contributed by atoms with van der Waals surface area (Å²) < 4.78 is 26.6. The minimum atomic E-state index is -3.45. The predicted octanol–water partition coefficient (Wildman–Crippen LogP) is 1.84. The van der Waals surface area contributed by atoms with Crippen LogP contribution in [0.15, 0.2) is 33.6 Å². The average molecular weight is 322 g/mol. The second-order valence-corrected chi connectivity index (χ2v) is 6.38. The number of aliphatic hydroxyl groups excluding tert-OH is 1. The molecule has 0 unspecified atom stereocenters. The Balaban J connectivity index is 3.00. The van der Waals surface area contributed by atoms with Crippen molar-refractivity contribution < 1.29 is 13.5 Å². The van der Waals surface area contributed by atoms with Gasteiger partial charge in [-0.1, -0.05) is 28.9 Å². The number of rotatable bonds is 6. The SMILES string of the molecule is CCN(CCCO)S(=O)(=O)c1cccc(Br)c1. The molecule has 0 saturated carbocycles. The van der Waals surface area contributed by atoms with E-state index in [9.17, 15) is 8.42 Å². The van der Waals surface area contributed by atoms with Crippen molar-refractivity contribution in [3.8, 4) is 0 Å². The molecule has 96 valence electrons. The zero-order chi connectivity index (χ0) is 12.9. The number of halogens is 1. The Morgan fingerprint density at radius 3 is 2.65 bits per heavy atom. The maximum absolute atomic E-state index is 12.2. The number of aliphatic hydroxyl groups is 1. The van der Waals surface area contributed by atoms with Crippen molar-refractivity contribution in [2.45, 2.75) is 18.2 Å². The second-order valence-electron chi connectivity index (χ2n) is 3.53. The van der Waals surface area contributed by atoms with Crippen LogP contribution in [0.3, 0.4) is 0 Å². The fraction of sp³-hybridized carbons (Fsp3) is 0.455. The van der Waals surface area contributed by atoms with Crippen LogP contribution in [0.2, 0.25) is 0 Å². The molecule has 17 heavy (non-hydrogen) atoms. The summed E-state index contributed by atoms with van der Waals surface area (Å²) in [5.74, 6) is 0. The van der Waals surface area contributed by atoms with Gasteiger partial charge in [0.05, 0.1) is 4.90 Å². The Morgan fingerprint density at radius 2 is 2.12 bits per heavy atom. The van der Waals surface area contributed by atoms with Crippen LogP contribution < -0.4 is 0 Å². The maximum Gasteiger partial charge on any atom is 0.243 e. The summed E-state index contributed by atoms with van der Waals surface area (Å²) in [6.45, 7) is 2.51. The zero-order valence-electron chi connectivity index (χ0n) is 9.63. The van der Waals surface area contributed by atoms with Gasteiger partial charge >= 0.3 is 0 Å². The van der Waals surface area contributed by atoms with Gasteiger partial charge in [0.1, 0.15) is 0 Å². The van der Waals surface area contributed by atoms with Gasteiger partial charge in [0.15, 0.2) is 0 Å². The lowest BCUT2D eigenvalue weighted by Crippen LogP contribution is -2.32. The number of hydrogen-bond donors (Lipinski definition) is 1. The van der Waals surface area contributed by atoms with E-state index in [1.54, 1.807) is 31.2 Å². The number of hydrogen-bond acceptors (Lipinski definition) is 3. The first kappa shape index (κ1) is 14.6. The molecule has 1 rings (SSSR count). The van der Waals surface area contributed by atoms with Gasteiger partial charge in [0.2, 0.25) is 10.0 Å². The van der Waals surface area contributed by atoms with Crippen molar-refractivity contribution in [1.82, 2.24) is 4.31 Å². The van der Waals surface area contributed by atoms with Gasteiger partial charge in [0.25, 0.3) is 0 Å². The summed E-state index contributed by atoms with van der Waals surface area (Å²) in [5.41, 5.74) is 0. The topological polar surface area (TPSA) is 57.6 Å². The highest BCUT2D eigenvalue weighted by Gasteiger charge is 2.22. The molecule has 0 atom stereocenters. The first-order valence-corrected chi connectivity index (χ1v) is 7.62. The molecular formula is C11H16BrNO3S. The molecule has 0 aliphatic rings. The van der Waals surface area contributed by atoms with Gasteiger partial charge in [-0.05, 0) is 24.6 Å². The van der Waals surface area contributed by atoms with E-state index in [2.05, 4.69) is 15.9 Å². The summed E-state index contributed by atoms with van der Waals surface area (Å²) in [5, 5.41) is 8.76. The van der Waals surface area contributed by atoms with E-state index in [-0.39, 0.29) is 11.5 Å². The average Bonchev–Trinajstić information content (AvgIpc) is 2.30. The molecule has 0 bridgehead atoms. The highest BCUT2D eigenvalue weighted by Crippen LogP contribution is 2.19. The molecule has 0 radical (unpaired) electrons.